The molecule has 2 N–H and O–H groups in total. The second kappa shape index (κ2) is 6.21. The third kappa shape index (κ3) is 3.27. The summed E-state index contributed by atoms with van der Waals surface area (Å²) in [6.07, 6.45) is 1.96. The first-order valence-electron chi connectivity index (χ1n) is 7.04. The minimum Gasteiger partial charge on any atom is -0.464 e. The van der Waals surface area contributed by atoms with Crippen LogP contribution >= 0.6 is 0 Å². The number of ether oxygens (including phenoxy) is 1. The summed E-state index contributed by atoms with van der Waals surface area (Å²) >= 11 is 0. The number of nitrogens with zero attached hydrogens (tertiary/aromatic N) is 2. The Bertz CT molecular complexity index is 400. The van der Waals surface area contributed by atoms with Crippen molar-refractivity contribution >= 4 is 17.8 Å². The highest BCUT2D eigenvalue weighted by Gasteiger charge is 2.36. The predicted molar refractivity (Wildman–Crippen MR) is 70.5 cm³/mol. The summed E-state index contributed by atoms with van der Waals surface area (Å²) in [5, 5.41) is 0. The summed E-state index contributed by atoms with van der Waals surface area (Å²) in [5.41, 5.74) is 5.58. The van der Waals surface area contributed by atoms with Gasteiger partial charge in [-0.05, 0) is 19.8 Å². The molecule has 2 amide bonds. The van der Waals surface area contributed by atoms with Crippen LogP contribution in [-0.4, -0.2) is 66.4 Å². The molecule has 2 aliphatic rings. The lowest BCUT2D eigenvalue weighted by atomic mass is 10.2. The van der Waals surface area contributed by atoms with Gasteiger partial charge in [-0.1, -0.05) is 0 Å². The van der Waals surface area contributed by atoms with E-state index in [2.05, 4.69) is 0 Å². The first-order valence-corrected chi connectivity index (χ1v) is 7.04. The highest BCUT2D eigenvalue weighted by Crippen LogP contribution is 2.31. The number of nitrogens with two attached hydrogens (primary N) is 1. The van der Waals surface area contributed by atoms with Crippen LogP contribution in [0.25, 0.3) is 0 Å². The van der Waals surface area contributed by atoms with Crippen molar-refractivity contribution in [3.8, 4) is 0 Å². The van der Waals surface area contributed by atoms with Crippen LogP contribution < -0.4 is 5.73 Å². The molecule has 1 unspecified atom stereocenters. The number of amides is 2. The molecule has 2 rings (SSSR count). The summed E-state index contributed by atoms with van der Waals surface area (Å²) in [5.74, 6) is -0.748. The van der Waals surface area contributed by atoms with Crippen molar-refractivity contribution in [1.29, 1.82) is 0 Å². The van der Waals surface area contributed by atoms with Gasteiger partial charge in [0.2, 0.25) is 5.91 Å². The number of carbonyl (C=O) groups is 3. The van der Waals surface area contributed by atoms with Crippen molar-refractivity contribution < 1.29 is 19.1 Å². The maximum Gasteiger partial charge on any atom is 0.332 e. The fourth-order valence-electron chi connectivity index (χ4n) is 2.27. The Labute approximate surface area is 118 Å². The maximum absolute atomic E-state index is 12.0. The SMILES string of the molecule is CCOC(=O)C(N)C(=O)N1CCN(C(=O)C2CC2)CC1. The zero-order chi connectivity index (χ0) is 14.7. The first-order chi connectivity index (χ1) is 9.54. The smallest absolute Gasteiger partial charge is 0.332 e. The van der Waals surface area contributed by atoms with E-state index in [1.807, 2.05) is 0 Å². The van der Waals surface area contributed by atoms with Crippen molar-refractivity contribution in [3.63, 3.8) is 0 Å². The lowest BCUT2D eigenvalue weighted by Gasteiger charge is -2.35. The molecule has 112 valence electrons. The molecule has 0 spiro atoms. The van der Waals surface area contributed by atoms with Crippen LogP contribution in [-0.2, 0) is 19.1 Å². The van der Waals surface area contributed by atoms with E-state index < -0.39 is 17.9 Å². The lowest BCUT2D eigenvalue weighted by Crippen LogP contribution is -2.56. The number of esters is 1. The molecule has 7 nitrogen and oxygen atoms in total. The van der Waals surface area contributed by atoms with E-state index >= 15 is 0 Å². The minimum atomic E-state index is -1.26. The van der Waals surface area contributed by atoms with Gasteiger partial charge in [0.25, 0.3) is 5.91 Å². The van der Waals surface area contributed by atoms with Gasteiger partial charge in [0.15, 0.2) is 6.04 Å². The molecular weight excluding hydrogens is 262 g/mol. The van der Waals surface area contributed by atoms with Gasteiger partial charge in [-0.3, -0.25) is 9.59 Å². The van der Waals surface area contributed by atoms with Crippen molar-refractivity contribution in [2.75, 3.05) is 32.8 Å². The molecular formula is C13H21N3O4. The average Bonchev–Trinajstić information content (AvgIpc) is 3.30. The Morgan fingerprint density at radius 1 is 1.15 bits per heavy atom. The second-order valence-electron chi connectivity index (χ2n) is 5.15. The summed E-state index contributed by atoms with van der Waals surface area (Å²) in [6, 6.07) is -1.26. The van der Waals surface area contributed by atoms with Crippen LogP contribution in [0.2, 0.25) is 0 Å². The number of hydrogen-bond acceptors (Lipinski definition) is 5. The van der Waals surface area contributed by atoms with E-state index in [1.54, 1.807) is 11.8 Å². The van der Waals surface area contributed by atoms with Crippen molar-refractivity contribution in [3.05, 3.63) is 0 Å². The first kappa shape index (κ1) is 14.8. The van der Waals surface area contributed by atoms with Gasteiger partial charge in [0, 0.05) is 32.1 Å². The molecule has 1 saturated heterocycles. The Kier molecular flexibility index (Phi) is 4.59. The molecule has 7 heteroatoms. The van der Waals surface area contributed by atoms with Gasteiger partial charge in [-0.2, -0.15) is 0 Å². The van der Waals surface area contributed by atoms with E-state index in [9.17, 15) is 14.4 Å². The van der Waals surface area contributed by atoms with E-state index in [1.165, 1.54) is 4.90 Å². The Balaban J connectivity index is 1.81. The van der Waals surface area contributed by atoms with Crippen LogP contribution in [0, 0.1) is 5.92 Å². The summed E-state index contributed by atoms with van der Waals surface area (Å²) in [6.45, 7) is 3.73. The molecule has 0 bridgehead atoms. The summed E-state index contributed by atoms with van der Waals surface area (Å²) in [4.78, 5) is 38.7. The monoisotopic (exact) mass is 283 g/mol. The van der Waals surface area contributed by atoms with Crippen LogP contribution in [0.1, 0.15) is 19.8 Å². The second-order valence-corrected chi connectivity index (χ2v) is 5.15. The molecule has 0 radical (unpaired) electrons. The normalized spacial score (nSPS) is 20.5. The van der Waals surface area contributed by atoms with Gasteiger partial charge in [0.1, 0.15) is 0 Å². The quantitative estimate of drug-likeness (QED) is 0.525. The van der Waals surface area contributed by atoms with Crippen LogP contribution in [0.5, 0.6) is 0 Å². The molecule has 2 fully saturated rings. The molecule has 1 atom stereocenters. The molecule has 1 aliphatic heterocycles. The topological polar surface area (TPSA) is 92.9 Å². The van der Waals surface area contributed by atoms with Crippen LogP contribution in [0.15, 0.2) is 0 Å². The maximum atomic E-state index is 12.0. The minimum absolute atomic E-state index is 0.187. The molecule has 1 aliphatic carbocycles. The van der Waals surface area contributed by atoms with Gasteiger partial charge in [0.05, 0.1) is 6.61 Å². The van der Waals surface area contributed by atoms with Gasteiger partial charge in [-0.25, -0.2) is 4.79 Å². The van der Waals surface area contributed by atoms with Gasteiger partial charge < -0.3 is 20.3 Å². The summed E-state index contributed by atoms with van der Waals surface area (Å²) in [7, 11) is 0. The number of hydrogen-bond donors (Lipinski definition) is 1. The largest absolute Gasteiger partial charge is 0.464 e. The Hall–Kier alpha value is -1.63. The predicted octanol–water partition coefficient (Wildman–Crippen LogP) is -1.04. The highest BCUT2D eigenvalue weighted by atomic mass is 16.5. The highest BCUT2D eigenvalue weighted by molar-refractivity contribution is 6.01. The van der Waals surface area contributed by atoms with Crippen LogP contribution in [0.4, 0.5) is 0 Å². The number of carbonyl (C=O) groups excluding carboxylic acids is 3. The Morgan fingerprint density at radius 2 is 1.70 bits per heavy atom. The number of rotatable bonds is 4. The third-order valence-electron chi connectivity index (χ3n) is 3.64. The standard InChI is InChI=1S/C13H21N3O4/c1-2-20-13(19)10(14)12(18)16-7-5-15(6-8-16)11(17)9-3-4-9/h9-10H,2-8,14H2,1H3. The molecule has 0 aromatic heterocycles. The van der Waals surface area contributed by atoms with Gasteiger partial charge >= 0.3 is 5.97 Å². The van der Waals surface area contributed by atoms with Crippen molar-refractivity contribution in [2.24, 2.45) is 11.7 Å². The van der Waals surface area contributed by atoms with Crippen molar-refractivity contribution in [1.82, 2.24) is 9.80 Å². The van der Waals surface area contributed by atoms with Crippen molar-refractivity contribution in [2.45, 2.75) is 25.8 Å². The molecule has 0 aromatic carbocycles. The van der Waals surface area contributed by atoms with E-state index in [-0.39, 0.29) is 18.4 Å². The van der Waals surface area contributed by atoms with E-state index in [0.29, 0.717) is 26.2 Å². The fourth-order valence-corrected chi connectivity index (χ4v) is 2.27. The molecule has 0 aromatic rings. The third-order valence-corrected chi connectivity index (χ3v) is 3.64. The number of piperazine rings is 1. The zero-order valence-electron chi connectivity index (χ0n) is 11.7. The average molecular weight is 283 g/mol. The molecule has 1 heterocycles. The lowest BCUT2D eigenvalue weighted by molar-refractivity contribution is -0.152. The van der Waals surface area contributed by atoms with Gasteiger partial charge in [-0.15, -0.1) is 0 Å². The molecule has 1 saturated carbocycles. The van der Waals surface area contributed by atoms with E-state index in [0.717, 1.165) is 12.8 Å². The summed E-state index contributed by atoms with van der Waals surface area (Å²) < 4.78 is 4.74. The zero-order valence-corrected chi connectivity index (χ0v) is 11.7. The Morgan fingerprint density at radius 3 is 2.20 bits per heavy atom. The molecule has 20 heavy (non-hydrogen) atoms. The fraction of sp³-hybridized carbons (Fsp3) is 0.769. The van der Waals surface area contributed by atoms with E-state index in [4.69, 9.17) is 10.5 Å². The van der Waals surface area contributed by atoms with Crippen LogP contribution in [0.3, 0.4) is 0 Å².